The molecule has 6 heteroatoms. The summed E-state index contributed by atoms with van der Waals surface area (Å²) in [5.74, 6) is 0.928. The molecule has 3 aromatic carbocycles. The molecule has 5 aromatic rings. The van der Waals surface area contributed by atoms with Gasteiger partial charge in [0.2, 0.25) is 0 Å². The first kappa shape index (κ1) is 29.8. The van der Waals surface area contributed by atoms with Crippen LogP contribution >= 0.6 is 11.8 Å². The lowest BCUT2D eigenvalue weighted by molar-refractivity contribution is -0.144. The number of fused-ring (bicyclic) bond motifs is 3. The molecule has 2 heterocycles. The normalized spacial score (nSPS) is 11.8. The Labute approximate surface area is 253 Å². The number of nitrogens with zero attached hydrogens (tertiary/aromatic N) is 3. The summed E-state index contributed by atoms with van der Waals surface area (Å²) in [5.41, 5.74) is 7.45. The number of imidazole rings is 1. The third kappa shape index (κ3) is 7.40. The zero-order chi connectivity index (χ0) is 29.7. The molecule has 0 amide bonds. The maximum atomic E-state index is 12.6. The van der Waals surface area contributed by atoms with Gasteiger partial charge < -0.3 is 9.30 Å². The van der Waals surface area contributed by atoms with Crippen LogP contribution in [-0.4, -0.2) is 25.3 Å². The summed E-state index contributed by atoms with van der Waals surface area (Å²) in [6, 6.07) is 25.2. The number of thioether (sulfide) groups is 1. The molecule has 0 bridgehead atoms. The molecule has 0 radical (unpaired) electrons. The van der Waals surface area contributed by atoms with E-state index in [1.54, 1.807) is 0 Å². The average Bonchev–Trinajstić information content (AvgIpc) is 3.33. The smallest absolute Gasteiger partial charge is 0.306 e. The zero-order valence-electron chi connectivity index (χ0n) is 25.4. The number of unbranched alkanes of at least 4 members (excludes halogenated alkanes) is 1. The van der Waals surface area contributed by atoms with Gasteiger partial charge in [-0.3, -0.25) is 9.78 Å². The van der Waals surface area contributed by atoms with Crippen molar-refractivity contribution in [1.29, 1.82) is 0 Å². The van der Waals surface area contributed by atoms with Crippen molar-refractivity contribution in [3.05, 3.63) is 101 Å². The van der Waals surface area contributed by atoms with Crippen LogP contribution in [0.1, 0.15) is 75.2 Å². The molecule has 0 atom stereocenters. The van der Waals surface area contributed by atoms with Crippen molar-refractivity contribution < 1.29 is 9.53 Å². The number of rotatable bonds is 11. The Morgan fingerprint density at radius 3 is 2.43 bits per heavy atom. The SMILES string of the molecule is CCCCc1nc2c(C)nc3ccccc3c2n1Cc1cccc(CCC(=O)OCc2ccc(SC(C)(C)C)cc2)c1. The van der Waals surface area contributed by atoms with Gasteiger partial charge in [-0.05, 0) is 54.7 Å². The minimum absolute atomic E-state index is 0.167. The maximum absolute atomic E-state index is 12.6. The molecule has 0 aliphatic heterocycles. The van der Waals surface area contributed by atoms with E-state index in [1.165, 1.54) is 10.5 Å². The van der Waals surface area contributed by atoms with Gasteiger partial charge in [-0.25, -0.2) is 4.98 Å². The number of carbonyl (C=O) groups excluding carboxylic acids is 1. The topological polar surface area (TPSA) is 57.0 Å². The summed E-state index contributed by atoms with van der Waals surface area (Å²) in [7, 11) is 0. The van der Waals surface area contributed by atoms with Gasteiger partial charge >= 0.3 is 5.97 Å². The van der Waals surface area contributed by atoms with Crippen LogP contribution in [0, 0.1) is 6.92 Å². The third-order valence-corrected chi connectivity index (χ3v) is 8.41. The van der Waals surface area contributed by atoms with E-state index in [9.17, 15) is 4.79 Å². The Bertz CT molecular complexity index is 1680. The number of hydrogen-bond donors (Lipinski definition) is 0. The molecule has 42 heavy (non-hydrogen) atoms. The zero-order valence-corrected chi connectivity index (χ0v) is 26.3. The van der Waals surface area contributed by atoms with Crippen LogP contribution in [0.4, 0.5) is 0 Å². The van der Waals surface area contributed by atoms with Crippen LogP contribution in [0.15, 0.2) is 77.7 Å². The Morgan fingerprint density at radius 2 is 1.67 bits per heavy atom. The van der Waals surface area contributed by atoms with Gasteiger partial charge in [0.15, 0.2) is 0 Å². The van der Waals surface area contributed by atoms with Gasteiger partial charge in [0.1, 0.15) is 17.9 Å². The van der Waals surface area contributed by atoms with Crippen LogP contribution < -0.4 is 0 Å². The molecule has 218 valence electrons. The third-order valence-electron chi connectivity index (χ3n) is 7.29. The number of pyridine rings is 1. The molecule has 0 fully saturated rings. The average molecular weight is 580 g/mol. The summed E-state index contributed by atoms with van der Waals surface area (Å²) in [6.07, 6.45) is 4.15. The number of esters is 1. The second-order valence-corrected chi connectivity index (χ2v) is 13.9. The first-order valence-corrected chi connectivity index (χ1v) is 15.8. The van der Waals surface area contributed by atoms with E-state index in [2.05, 4.69) is 93.8 Å². The quantitative estimate of drug-likeness (QED) is 0.116. The molecule has 0 N–H and O–H groups in total. The van der Waals surface area contributed by atoms with Gasteiger partial charge in [-0.15, -0.1) is 11.8 Å². The van der Waals surface area contributed by atoms with Gasteiger partial charge in [-0.2, -0.15) is 0 Å². The summed E-state index contributed by atoms with van der Waals surface area (Å²) in [5, 5.41) is 1.13. The van der Waals surface area contributed by atoms with Crippen molar-refractivity contribution >= 4 is 39.7 Å². The van der Waals surface area contributed by atoms with Crippen LogP contribution in [0.2, 0.25) is 0 Å². The highest BCUT2D eigenvalue weighted by atomic mass is 32.2. The molecule has 0 unspecified atom stereocenters. The standard InChI is InChI=1S/C36H41N3O2S/c1-6-7-15-32-38-34-25(2)37-31-14-9-8-13-30(31)35(34)39(32)23-28-12-10-11-26(22-28)18-21-33(40)41-24-27-16-19-29(20-17-27)42-36(3,4)5/h8-14,16-17,19-20,22H,6-7,15,18,21,23-24H2,1-5H3. The van der Waals surface area contributed by atoms with E-state index in [4.69, 9.17) is 14.7 Å². The van der Waals surface area contributed by atoms with Gasteiger partial charge in [0.05, 0.1) is 16.7 Å². The molecule has 0 aliphatic rings. The van der Waals surface area contributed by atoms with Gasteiger partial charge in [0.25, 0.3) is 0 Å². The predicted octanol–water partition coefficient (Wildman–Crippen LogP) is 8.85. The largest absolute Gasteiger partial charge is 0.461 e. The summed E-state index contributed by atoms with van der Waals surface area (Å²) < 4.78 is 8.14. The lowest BCUT2D eigenvalue weighted by Crippen LogP contribution is -2.08. The van der Waals surface area contributed by atoms with Crippen molar-refractivity contribution in [1.82, 2.24) is 14.5 Å². The molecule has 0 spiro atoms. The van der Waals surface area contributed by atoms with Crippen LogP contribution in [0.25, 0.3) is 21.9 Å². The fraction of sp³-hybridized carbons (Fsp3) is 0.361. The number of hydrogen-bond acceptors (Lipinski definition) is 5. The predicted molar refractivity (Wildman–Crippen MR) is 174 cm³/mol. The number of aromatic nitrogens is 3. The second-order valence-electron chi connectivity index (χ2n) is 12.0. The molecule has 0 aliphatic carbocycles. The number of aryl methyl sites for hydroxylation is 3. The van der Waals surface area contributed by atoms with Crippen molar-refractivity contribution in [2.24, 2.45) is 0 Å². The van der Waals surface area contributed by atoms with E-state index in [1.807, 2.05) is 30.0 Å². The fourth-order valence-corrected chi connectivity index (χ4v) is 6.26. The number of para-hydroxylation sites is 1. The first-order chi connectivity index (χ1) is 20.2. The second kappa shape index (κ2) is 13.1. The minimum Gasteiger partial charge on any atom is -0.461 e. The highest BCUT2D eigenvalue weighted by Crippen LogP contribution is 2.32. The van der Waals surface area contributed by atoms with Gasteiger partial charge in [-0.1, -0.05) is 88.7 Å². The van der Waals surface area contributed by atoms with Crippen molar-refractivity contribution in [2.75, 3.05) is 0 Å². The van der Waals surface area contributed by atoms with E-state index in [0.717, 1.165) is 70.4 Å². The van der Waals surface area contributed by atoms with Crippen LogP contribution in [-0.2, 0) is 35.5 Å². The van der Waals surface area contributed by atoms with Gasteiger partial charge in [0, 0.05) is 34.4 Å². The maximum Gasteiger partial charge on any atom is 0.306 e. The highest BCUT2D eigenvalue weighted by Gasteiger charge is 2.17. The van der Waals surface area contributed by atoms with E-state index in [0.29, 0.717) is 19.4 Å². The molecular weight excluding hydrogens is 538 g/mol. The Hall–Kier alpha value is -3.64. The Morgan fingerprint density at radius 1 is 0.905 bits per heavy atom. The summed E-state index contributed by atoms with van der Waals surface area (Å²) >= 11 is 1.83. The summed E-state index contributed by atoms with van der Waals surface area (Å²) in [4.78, 5) is 23.7. The van der Waals surface area contributed by atoms with Crippen molar-refractivity contribution in [3.8, 4) is 0 Å². The van der Waals surface area contributed by atoms with Crippen molar-refractivity contribution in [3.63, 3.8) is 0 Å². The van der Waals surface area contributed by atoms with Crippen LogP contribution in [0.5, 0.6) is 0 Å². The Kier molecular flexibility index (Phi) is 9.32. The molecule has 0 saturated heterocycles. The fourth-order valence-electron chi connectivity index (χ4n) is 5.28. The molecule has 5 nitrogen and oxygen atoms in total. The number of ether oxygens (including phenoxy) is 1. The van der Waals surface area contributed by atoms with Crippen molar-refractivity contribution in [2.45, 2.75) is 89.5 Å². The first-order valence-electron chi connectivity index (χ1n) is 15.0. The van der Waals surface area contributed by atoms with E-state index >= 15 is 0 Å². The number of carbonyl (C=O) groups is 1. The summed E-state index contributed by atoms with van der Waals surface area (Å²) in [6.45, 7) is 11.9. The van der Waals surface area contributed by atoms with Crippen LogP contribution in [0.3, 0.4) is 0 Å². The lowest BCUT2D eigenvalue weighted by Gasteiger charge is -2.17. The molecule has 5 rings (SSSR count). The van der Waals surface area contributed by atoms with E-state index in [-0.39, 0.29) is 10.7 Å². The molecule has 2 aromatic heterocycles. The monoisotopic (exact) mass is 579 g/mol. The number of benzene rings is 3. The molecule has 0 saturated carbocycles. The van der Waals surface area contributed by atoms with E-state index < -0.39 is 0 Å². The molecular formula is C36H41N3O2S. The Balaban J connectivity index is 1.27. The lowest BCUT2D eigenvalue weighted by atomic mass is 10.1. The minimum atomic E-state index is -0.176. The highest BCUT2D eigenvalue weighted by molar-refractivity contribution is 8.00.